The van der Waals surface area contributed by atoms with Gasteiger partial charge >= 0.3 is 5.97 Å². The van der Waals surface area contributed by atoms with Crippen molar-refractivity contribution in [3.05, 3.63) is 33.8 Å². The van der Waals surface area contributed by atoms with Crippen molar-refractivity contribution < 1.29 is 14.7 Å². The van der Waals surface area contributed by atoms with Crippen LogP contribution in [0.25, 0.3) is 0 Å². The zero-order chi connectivity index (χ0) is 14.7. The third kappa shape index (κ3) is 3.60. The molecule has 1 N–H and O–H groups in total. The van der Waals surface area contributed by atoms with E-state index in [2.05, 4.69) is 15.9 Å². The van der Waals surface area contributed by atoms with Crippen molar-refractivity contribution in [3.63, 3.8) is 0 Å². The molecule has 1 aromatic carbocycles. The molecule has 0 spiro atoms. The molecule has 1 aliphatic rings. The van der Waals surface area contributed by atoms with E-state index in [9.17, 15) is 9.59 Å². The maximum atomic E-state index is 12.5. The Morgan fingerprint density at radius 1 is 1.45 bits per heavy atom. The van der Waals surface area contributed by atoms with Gasteiger partial charge in [0.15, 0.2) is 0 Å². The van der Waals surface area contributed by atoms with Crippen LogP contribution in [0.3, 0.4) is 0 Å². The van der Waals surface area contributed by atoms with E-state index in [1.807, 2.05) is 30.0 Å². The van der Waals surface area contributed by atoms with E-state index in [-0.39, 0.29) is 12.3 Å². The Bertz CT molecular complexity index is 530. The molecular formula is C15H18BrNO3. The lowest BCUT2D eigenvalue weighted by Gasteiger charge is -2.18. The summed E-state index contributed by atoms with van der Waals surface area (Å²) in [6.45, 7) is 3.32. The van der Waals surface area contributed by atoms with Crippen molar-refractivity contribution >= 4 is 27.8 Å². The molecule has 2 rings (SSSR count). The highest BCUT2D eigenvalue weighted by atomic mass is 79.9. The molecule has 1 fully saturated rings. The Balaban J connectivity index is 1.99. The summed E-state index contributed by atoms with van der Waals surface area (Å²) < 4.78 is 0.965. The highest BCUT2D eigenvalue weighted by Gasteiger charge is 2.27. The topological polar surface area (TPSA) is 57.6 Å². The number of amides is 1. The number of carboxylic acids is 1. The average molecular weight is 340 g/mol. The first kappa shape index (κ1) is 15.0. The van der Waals surface area contributed by atoms with Crippen molar-refractivity contribution in [1.82, 2.24) is 4.90 Å². The van der Waals surface area contributed by atoms with Crippen LogP contribution in [0.4, 0.5) is 0 Å². The lowest BCUT2D eigenvalue weighted by molar-refractivity contribution is -0.137. The van der Waals surface area contributed by atoms with Crippen molar-refractivity contribution in [1.29, 1.82) is 0 Å². The molecule has 1 atom stereocenters. The average Bonchev–Trinajstić information content (AvgIpc) is 2.84. The van der Waals surface area contributed by atoms with E-state index in [1.165, 1.54) is 0 Å². The number of hydrogen-bond acceptors (Lipinski definition) is 2. The van der Waals surface area contributed by atoms with Crippen LogP contribution in [-0.2, 0) is 4.79 Å². The maximum Gasteiger partial charge on any atom is 0.303 e. The summed E-state index contributed by atoms with van der Waals surface area (Å²) in [6.07, 6.45) is 1.73. The van der Waals surface area contributed by atoms with Crippen LogP contribution in [0.2, 0.25) is 0 Å². The van der Waals surface area contributed by atoms with Crippen molar-refractivity contribution in [2.24, 2.45) is 5.92 Å². The molecule has 0 aliphatic carbocycles. The van der Waals surface area contributed by atoms with Gasteiger partial charge in [-0.2, -0.15) is 0 Å². The quantitative estimate of drug-likeness (QED) is 0.916. The third-order valence-electron chi connectivity index (χ3n) is 3.76. The Morgan fingerprint density at radius 2 is 2.20 bits per heavy atom. The van der Waals surface area contributed by atoms with Crippen LogP contribution in [0.5, 0.6) is 0 Å². The monoisotopic (exact) mass is 339 g/mol. The van der Waals surface area contributed by atoms with Gasteiger partial charge in [-0.25, -0.2) is 0 Å². The first-order valence-corrected chi connectivity index (χ1v) is 7.54. The Kier molecular flexibility index (Phi) is 4.81. The highest BCUT2D eigenvalue weighted by molar-refractivity contribution is 9.10. The number of rotatable bonds is 4. The summed E-state index contributed by atoms with van der Waals surface area (Å²) in [6, 6.07) is 5.65. The second kappa shape index (κ2) is 6.39. The summed E-state index contributed by atoms with van der Waals surface area (Å²) >= 11 is 3.39. The number of likely N-dealkylation sites (tertiary alicyclic amines) is 1. The van der Waals surface area contributed by atoms with Gasteiger partial charge in [0.1, 0.15) is 0 Å². The molecule has 4 nitrogen and oxygen atoms in total. The molecule has 1 saturated heterocycles. The van der Waals surface area contributed by atoms with E-state index >= 15 is 0 Å². The molecule has 0 bridgehead atoms. The number of nitrogens with zero attached hydrogens (tertiary/aromatic N) is 1. The normalized spacial score (nSPS) is 18.3. The predicted octanol–water partition coefficient (Wildman–Crippen LogP) is 3.08. The lowest BCUT2D eigenvalue weighted by Crippen LogP contribution is -2.29. The van der Waals surface area contributed by atoms with Gasteiger partial charge in [-0.15, -0.1) is 0 Å². The van der Waals surface area contributed by atoms with E-state index in [4.69, 9.17) is 5.11 Å². The van der Waals surface area contributed by atoms with E-state index < -0.39 is 5.97 Å². The number of aliphatic carboxylic acids is 1. The molecule has 1 amide bonds. The van der Waals surface area contributed by atoms with Gasteiger partial charge in [-0.05, 0) is 49.4 Å². The van der Waals surface area contributed by atoms with Crippen LogP contribution in [0.1, 0.15) is 35.2 Å². The number of hydrogen-bond donors (Lipinski definition) is 1. The molecule has 0 aromatic heterocycles. The van der Waals surface area contributed by atoms with Gasteiger partial charge in [0, 0.05) is 29.5 Å². The molecule has 1 aromatic rings. The van der Waals surface area contributed by atoms with Crippen molar-refractivity contribution in [3.8, 4) is 0 Å². The summed E-state index contributed by atoms with van der Waals surface area (Å²) in [5, 5.41) is 8.70. The Labute approximate surface area is 126 Å². The third-order valence-corrected chi connectivity index (χ3v) is 4.25. The van der Waals surface area contributed by atoms with Crippen LogP contribution in [0, 0.1) is 12.8 Å². The van der Waals surface area contributed by atoms with Gasteiger partial charge in [0.25, 0.3) is 5.91 Å². The van der Waals surface area contributed by atoms with Gasteiger partial charge in [-0.1, -0.05) is 15.9 Å². The zero-order valence-corrected chi connectivity index (χ0v) is 13.0. The summed E-state index contributed by atoms with van der Waals surface area (Å²) in [5.74, 6) is -0.405. The van der Waals surface area contributed by atoms with Crippen LogP contribution in [-0.4, -0.2) is 35.0 Å². The standard InChI is InChI=1S/C15H18BrNO3/c1-10-8-12(16)3-4-13(10)15(20)17-7-6-11(9-17)2-5-14(18)19/h3-4,8,11H,2,5-7,9H2,1H3,(H,18,19). The fourth-order valence-corrected chi connectivity index (χ4v) is 3.09. The van der Waals surface area contributed by atoms with Crippen molar-refractivity contribution in [2.45, 2.75) is 26.2 Å². The Morgan fingerprint density at radius 3 is 2.85 bits per heavy atom. The Hall–Kier alpha value is -1.36. The molecule has 0 saturated carbocycles. The van der Waals surface area contributed by atoms with Crippen LogP contribution in [0.15, 0.2) is 22.7 Å². The van der Waals surface area contributed by atoms with Gasteiger partial charge < -0.3 is 10.0 Å². The van der Waals surface area contributed by atoms with Gasteiger partial charge in [0.05, 0.1) is 0 Å². The molecule has 0 radical (unpaired) electrons. The second-order valence-electron chi connectivity index (χ2n) is 5.30. The minimum absolute atomic E-state index is 0.0489. The number of aryl methyl sites for hydroxylation is 1. The molecule has 1 heterocycles. The summed E-state index contributed by atoms with van der Waals surface area (Å²) in [5.41, 5.74) is 1.69. The van der Waals surface area contributed by atoms with Gasteiger partial charge in [-0.3, -0.25) is 9.59 Å². The summed E-state index contributed by atoms with van der Waals surface area (Å²) in [4.78, 5) is 24.9. The van der Waals surface area contributed by atoms with E-state index in [0.29, 0.717) is 18.9 Å². The highest BCUT2D eigenvalue weighted by Crippen LogP contribution is 2.24. The molecule has 1 aliphatic heterocycles. The fourth-order valence-electron chi connectivity index (χ4n) is 2.62. The number of carbonyl (C=O) groups excluding carboxylic acids is 1. The predicted molar refractivity (Wildman–Crippen MR) is 79.8 cm³/mol. The SMILES string of the molecule is Cc1cc(Br)ccc1C(=O)N1CCC(CCC(=O)O)C1. The second-order valence-corrected chi connectivity index (χ2v) is 6.21. The molecule has 108 valence electrons. The lowest BCUT2D eigenvalue weighted by atomic mass is 10.0. The fraction of sp³-hybridized carbons (Fsp3) is 0.467. The molecular weight excluding hydrogens is 322 g/mol. The van der Waals surface area contributed by atoms with Crippen molar-refractivity contribution in [2.75, 3.05) is 13.1 Å². The smallest absolute Gasteiger partial charge is 0.303 e. The first-order chi connectivity index (χ1) is 9.47. The number of benzene rings is 1. The van der Waals surface area contributed by atoms with E-state index in [1.54, 1.807) is 0 Å². The van der Waals surface area contributed by atoms with Crippen LogP contribution >= 0.6 is 15.9 Å². The number of halogens is 1. The van der Waals surface area contributed by atoms with E-state index in [0.717, 1.165) is 28.6 Å². The number of carbonyl (C=O) groups is 2. The maximum absolute atomic E-state index is 12.5. The molecule has 5 heteroatoms. The first-order valence-electron chi connectivity index (χ1n) is 6.74. The van der Waals surface area contributed by atoms with Gasteiger partial charge in [0.2, 0.25) is 0 Å². The minimum Gasteiger partial charge on any atom is -0.481 e. The molecule has 20 heavy (non-hydrogen) atoms. The molecule has 1 unspecified atom stereocenters. The minimum atomic E-state index is -0.765. The summed E-state index contributed by atoms with van der Waals surface area (Å²) in [7, 11) is 0. The largest absolute Gasteiger partial charge is 0.481 e. The van der Waals surface area contributed by atoms with Crippen LogP contribution < -0.4 is 0 Å². The zero-order valence-electron chi connectivity index (χ0n) is 11.4. The number of carboxylic acid groups (broad SMARTS) is 1.